The second-order valence-corrected chi connectivity index (χ2v) is 8.93. The number of nitrogens with zero attached hydrogens (tertiary/aromatic N) is 3. The number of nitrogens with one attached hydrogen (secondary N) is 1. The van der Waals surface area contributed by atoms with Crippen molar-refractivity contribution >= 4 is 32.9 Å². The highest BCUT2D eigenvalue weighted by molar-refractivity contribution is 7.89. The molecule has 1 fully saturated rings. The van der Waals surface area contributed by atoms with Crippen molar-refractivity contribution in [2.24, 2.45) is 0 Å². The van der Waals surface area contributed by atoms with E-state index < -0.39 is 15.9 Å². The zero-order valence-electron chi connectivity index (χ0n) is 14.0. The number of thiophene rings is 1. The number of carbonyl (C=O) groups is 1. The van der Waals surface area contributed by atoms with Gasteiger partial charge < -0.3 is 9.72 Å². The molecular formula is C17H18N4O3S2. The summed E-state index contributed by atoms with van der Waals surface area (Å²) in [6.07, 6.45) is 5.44. The zero-order valence-corrected chi connectivity index (χ0v) is 15.6. The predicted octanol–water partition coefficient (Wildman–Crippen LogP) is 2.11. The minimum atomic E-state index is -3.61. The van der Waals surface area contributed by atoms with Crippen LogP contribution in [0.3, 0.4) is 0 Å². The molecule has 3 aromatic heterocycles. The van der Waals surface area contributed by atoms with Crippen LogP contribution in [0.4, 0.5) is 0 Å². The highest BCUT2D eigenvalue weighted by atomic mass is 32.2. The molecule has 9 heteroatoms. The summed E-state index contributed by atoms with van der Waals surface area (Å²) in [7, 11) is -3.61. The van der Waals surface area contributed by atoms with E-state index in [9.17, 15) is 13.2 Å². The molecule has 0 atom stereocenters. The molecule has 1 aliphatic rings. The first-order valence-electron chi connectivity index (χ1n) is 8.34. The Hall–Kier alpha value is -2.23. The van der Waals surface area contributed by atoms with E-state index in [1.54, 1.807) is 5.38 Å². The maximum atomic E-state index is 12.7. The molecule has 0 aromatic carbocycles. The van der Waals surface area contributed by atoms with Crippen LogP contribution in [-0.2, 0) is 16.6 Å². The normalized spacial score (nSPS) is 15.5. The fourth-order valence-corrected chi connectivity index (χ4v) is 5.89. The number of hydrogen-bond donors (Lipinski definition) is 1. The highest BCUT2D eigenvalue weighted by Gasteiger charge is 2.31. The lowest BCUT2D eigenvalue weighted by Gasteiger charge is -2.15. The fraction of sp³-hybridized carbons (Fsp3) is 0.294. The van der Waals surface area contributed by atoms with Gasteiger partial charge in [-0.1, -0.05) is 6.07 Å². The quantitative estimate of drug-likeness (QED) is 0.723. The Balaban J connectivity index is 1.51. The molecule has 0 unspecified atom stereocenters. The molecule has 4 rings (SSSR count). The van der Waals surface area contributed by atoms with Crippen molar-refractivity contribution in [1.29, 1.82) is 0 Å². The molecule has 7 nitrogen and oxygen atoms in total. The van der Waals surface area contributed by atoms with Gasteiger partial charge in [0, 0.05) is 25.5 Å². The molecule has 136 valence electrons. The summed E-state index contributed by atoms with van der Waals surface area (Å²) < 4.78 is 28.8. The van der Waals surface area contributed by atoms with Crippen LogP contribution in [0.15, 0.2) is 46.9 Å². The Labute approximate surface area is 155 Å². The maximum absolute atomic E-state index is 12.7. The molecule has 4 heterocycles. The van der Waals surface area contributed by atoms with E-state index in [2.05, 4.69) is 10.3 Å². The first kappa shape index (κ1) is 17.2. The van der Waals surface area contributed by atoms with Crippen LogP contribution in [-0.4, -0.2) is 41.1 Å². The third kappa shape index (κ3) is 3.13. The minimum absolute atomic E-state index is 0.0944. The van der Waals surface area contributed by atoms with Gasteiger partial charge in [0.1, 0.15) is 15.4 Å². The van der Waals surface area contributed by atoms with E-state index in [1.165, 1.54) is 10.4 Å². The van der Waals surface area contributed by atoms with Crippen molar-refractivity contribution in [2.45, 2.75) is 24.3 Å². The first-order chi connectivity index (χ1) is 12.6. The topological polar surface area (TPSA) is 83.8 Å². The fourth-order valence-electron chi connectivity index (χ4n) is 3.06. The minimum Gasteiger partial charge on any atom is -0.346 e. The van der Waals surface area contributed by atoms with Gasteiger partial charge >= 0.3 is 0 Å². The van der Waals surface area contributed by atoms with Crippen LogP contribution in [0.1, 0.15) is 28.2 Å². The van der Waals surface area contributed by atoms with Gasteiger partial charge in [-0.2, -0.15) is 4.31 Å². The molecule has 1 amide bonds. The summed E-state index contributed by atoms with van der Waals surface area (Å²) in [5.41, 5.74) is 1.51. The van der Waals surface area contributed by atoms with Crippen molar-refractivity contribution in [3.05, 3.63) is 52.6 Å². The SMILES string of the molecule is O=C(NCc1cn2ccccc2n1)c1sccc1S(=O)(=O)N1CCCC1. The van der Waals surface area contributed by atoms with Crippen molar-refractivity contribution in [3.8, 4) is 0 Å². The smallest absolute Gasteiger partial charge is 0.263 e. The highest BCUT2D eigenvalue weighted by Crippen LogP contribution is 2.27. The standard InChI is InChI=1S/C17H18N4O3S2/c22-17(18-11-13-12-20-7-2-1-5-15(20)19-13)16-14(6-10-25-16)26(23,24)21-8-3-4-9-21/h1-2,5-7,10,12H,3-4,8-9,11H2,(H,18,22). The molecule has 1 saturated heterocycles. The van der Waals surface area contributed by atoms with E-state index in [1.807, 2.05) is 35.0 Å². The Morgan fingerprint density at radius 2 is 2.04 bits per heavy atom. The van der Waals surface area contributed by atoms with Gasteiger partial charge in [0.25, 0.3) is 5.91 Å². The molecular weight excluding hydrogens is 372 g/mol. The number of aromatic nitrogens is 2. The van der Waals surface area contributed by atoms with Crippen LogP contribution in [0.2, 0.25) is 0 Å². The van der Waals surface area contributed by atoms with E-state index in [0.717, 1.165) is 29.8 Å². The van der Waals surface area contributed by atoms with Crippen LogP contribution in [0.25, 0.3) is 5.65 Å². The van der Waals surface area contributed by atoms with Gasteiger partial charge in [0.15, 0.2) is 0 Å². The number of rotatable bonds is 5. The Morgan fingerprint density at radius 1 is 1.23 bits per heavy atom. The van der Waals surface area contributed by atoms with Crippen molar-refractivity contribution in [2.75, 3.05) is 13.1 Å². The molecule has 0 radical (unpaired) electrons. The van der Waals surface area contributed by atoms with Crippen molar-refractivity contribution in [1.82, 2.24) is 19.0 Å². The molecule has 0 saturated carbocycles. The van der Waals surface area contributed by atoms with Crippen LogP contribution < -0.4 is 5.32 Å². The summed E-state index contributed by atoms with van der Waals surface area (Å²) in [4.78, 5) is 17.3. The van der Waals surface area contributed by atoms with Crippen LogP contribution >= 0.6 is 11.3 Å². The number of pyridine rings is 1. The van der Waals surface area contributed by atoms with Gasteiger partial charge in [0.05, 0.1) is 12.2 Å². The lowest BCUT2D eigenvalue weighted by Crippen LogP contribution is -2.30. The van der Waals surface area contributed by atoms with Gasteiger partial charge in [-0.3, -0.25) is 4.79 Å². The van der Waals surface area contributed by atoms with Gasteiger partial charge in [-0.05, 0) is 36.4 Å². The monoisotopic (exact) mass is 390 g/mol. The average Bonchev–Trinajstić information content (AvgIpc) is 3.39. The summed E-state index contributed by atoms with van der Waals surface area (Å²) in [6.45, 7) is 1.27. The number of hydrogen-bond acceptors (Lipinski definition) is 5. The molecule has 1 N–H and O–H groups in total. The number of fused-ring (bicyclic) bond motifs is 1. The van der Waals surface area contributed by atoms with Gasteiger partial charge in [-0.25, -0.2) is 13.4 Å². The van der Waals surface area contributed by atoms with Crippen molar-refractivity contribution in [3.63, 3.8) is 0 Å². The number of carbonyl (C=O) groups excluding carboxylic acids is 1. The Morgan fingerprint density at radius 3 is 2.81 bits per heavy atom. The van der Waals surface area contributed by atoms with Gasteiger partial charge in [0.2, 0.25) is 10.0 Å². The van der Waals surface area contributed by atoms with E-state index in [0.29, 0.717) is 18.8 Å². The van der Waals surface area contributed by atoms with E-state index in [-0.39, 0.29) is 16.3 Å². The zero-order chi connectivity index (χ0) is 18.1. The summed E-state index contributed by atoms with van der Waals surface area (Å²) >= 11 is 1.14. The number of sulfonamides is 1. The van der Waals surface area contributed by atoms with Gasteiger partial charge in [-0.15, -0.1) is 11.3 Å². The lowest BCUT2D eigenvalue weighted by molar-refractivity contribution is 0.0951. The molecule has 0 spiro atoms. The maximum Gasteiger partial charge on any atom is 0.263 e. The molecule has 3 aromatic rings. The molecule has 26 heavy (non-hydrogen) atoms. The number of amides is 1. The number of imidazole rings is 1. The van der Waals surface area contributed by atoms with E-state index in [4.69, 9.17) is 0 Å². The summed E-state index contributed by atoms with van der Waals surface area (Å²) in [6, 6.07) is 7.19. The van der Waals surface area contributed by atoms with Crippen LogP contribution in [0, 0.1) is 0 Å². The second kappa shape index (κ2) is 6.82. The second-order valence-electron chi connectivity index (χ2n) is 6.11. The lowest BCUT2D eigenvalue weighted by atomic mass is 10.4. The summed E-state index contributed by atoms with van der Waals surface area (Å²) in [5, 5.41) is 4.42. The molecule has 0 aliphatic carbocycles. The first-order valence-corrected chi connectivity index (χ1v) is 10.7. The van der Waals surface area contributed by atoms with Crippen molar-refractivity contribution < 1.29 is 13.2 Å². The predicted molar refractivity (Wildman–Crippen MR) is 98.7 cm³/mol. The third-order valence-corrected chi connectivity index (χ3v) is 7.35. The largest absolute Gasteiger partial charge is 0.346 e. The Kier molecular flexibility index (Phi) is 4.51. The van der Waals surface area contributed by atoms with E-state index >= 15 is 0 Å². The Bertz CT molecular complexity index is 1020. The molecule has 1 aliphatic heterocycles. The molecule has 0 bridgehead atoms. The average molecular weight is 390 g/mol. The third-order valence-electron chi connectivity index (χ3n) is 4.36. The van der Waals surface area contributed by atoms with Crippen LogP contribution in [0.5, 0.6) is 0 Å². The summed E-state index contributed by atoms with van der Waals surface area (Å²) in [5.74, 6) is -0.394.